The second-order valence-corrected chi connectivity index (χ2v) is 3.90. The molecule has 0 heterocycles. The van der Waals surface area contributed by atoms with Gasteiger partial charge in [0.1, 0.15) is 11.6 Å². The van der Waals surface area contributed by atoms with E-state index >= 15 is 0 Å². The zero-order valence-electron chi connectivity index (χ0n) is 9.95. The summed E-state index contributed by atoms with van der Waals surface area (Å²) in [6.45, 7) is 0. The van der Waals surface area contributed by atoms with Crippen LogP contribution in [0.15, 0.2) is 42.5 Å². The van der Waals surface area contributed by atoms with Crippen LogP contribution in [-0.2, 0) is 0 Å². The Morgan fingerprint density at radius 3 is 2.35 bits per heavy atom. The highest BCUT2D eigenvalue weighted by Crippen LogP contribution is 2.34. The number of para-hydroxylation sites is 1. The molecule has 2 nitrogen and oxygen atoms in total. The summed E-state index contributed by atoms with van der Waals surface area (Å²) in [5.41, 5.74) is 0.108. The first-order chi connectivity index (χ1) is 9.40. The minimum absolute atomic E-state index is 0.0844. The summed E-state index contributed by atoms with van der Waals surface area (Å²) in [6.07, 6.45) is -4.51. The highest BCUT2D eigenvalue weighted by Gasteiger charge is 2.32. The molecule has 2 aromatic rings. The van der Waals surface area contributed by atoms with Gasteiger partial charge in [-0.2, -0.15) is 0 Å². The lowest BCUT2D eigenvalue weighted by atomic mass is 10.0. The first kappa shape index (κ1) is 14.0. The summed E-state index contributed by atoms with van der Waals surface area (Å²) in [6, 6.07) is 8.92. The van der Waals surface area contributed by atoms with Crippen LogP contribution in [0.3, 0.4) is 0 Å². The first-order valence-corrected chi connectivity index (χ1v) is 5.50. The average molecular weight is 284 g/mol. The number of carbonyl (C=O) groups is 1. The van der Waals surface area contributed by atoms with Gasteiger partial charge in [0, 0.05) is 5.56 Å². The molecule has 0 N–H and O–H groups in total. The highest BCUT2D eigenvalue weighted by molar-refractivity contribution is 5.78. The summed E-state index contributed by atoms with van der Waals surface area (Å²) in [5.74, 6) is -1.24. The molecule has 0 radical (unpaired) electrons. The molecule has 0 aromatic heterocycles. The molecule has 0 spiro atoms. The van der Waals surface area contributed by atoms with Crippen LogP contribution in [0.25, 0.3) is 11.1 Å². The van der Waals surface area contributed by atoms with Gasteiger partial charge >= 0.3 is 6.36 Å². The van der Waals surface area contributed by atoms with E-state index in [1.54, 1.807) is 0 Å². The summed E-state index contributed by atoms with van der Waals surface area (Å²) in [5, 5.41) is 0. The fourth-order valence-electron chi connectivity index (χ4n) is 1.71. The maximum Gasteiger partial charge on any atom is 0.573 e. The van der Waals surface area contributed by atoms with Gasteiger partial charge in [0.05, 0.1) is 5.56 Å². The normalized spacial score (nSPS) is 11.2. The van der Waals surface area contributed by atoms with Crippen LogP contribution < -0.4 is 4.74 Å². The molecule has 0 unspecified atom stereocenters. The van der Waals surface area contributed by atoms with Crippen molar-refractivity contribution in [2.24, 2.45) is 0 Å². The fourth-order valence-corrected chi connectivity index (χ4v) is 1.71. The average Bonchev–Trinajstić information content (AvgIpc) is 2.37. The number of hydrogen-bond acceptors (Lipinski definition) is 2. The van der Waals surface area contributed by atoms with Gasteiger partial charge in [-0.25, -0.2) is 4.39 Å². The number of aldehydes is 1. The Bertz CT molecular complexity index is 635. The maximum absolute atomic E-state index is 13.5. The molecule has 0 aliphatic heterocycles. The number of ether oxygens (including phenoxy) is 1. The van der Waals surface area contributed by atoms with E-state index in [0.29, 0.717) is 6.29 Å². The minimum atomic E-state index is -4.84. The Morgan fingerprint density at radius 1 is 1.05 bits per heavy atom. The Balaban J connectivity index is 2.47. The molecule has 0 atom stereocenters. The smallest absolute Gasteiger partial charge is 0.405 e. The maximum atomic E-state index is 13.5. The van der Waals surface area contributed by atoms with Crippen molar-refractivity contribution >= 4 is 6.29 Å². The fraction of sp³-hybridized carbons (Fsp3) is 0.0714. The van der Waals surface area contributed by atoms with Gasteiger partial charge in [-0.3, -0.25) is 4.79 Å². The van der Waals surface area contributed by atoms with Gasteiger partial charge in [-0.15, -0.1) is 13.2 Å². The van der Waals surface area contributed by atoms with E-state index in [1.807, 2.05) is 0 Å². The number of benzene rings is 2. The standard InChI is InChI=1S/C14H8F4O2/c15-12-7-9(5-6-10(12)8-19)11-3-1-2-4-13(11)20-14(16,17)18/h1-8H. The van der Waals surface area contributed by atoms with Crippen molar-refractivity contribution in [1.82, 2.24) is 0 Å². The molecule has 0 aliphatic rings. The van der Waals surface area contributed by atoms with Gasteiger partial charge < -0.3 is 4.74 Å². The topological polar surface area (TPSA) is 26.3 Å². The molecule has 2 rings (SSSR count). The number of halogens is 4. The van der Waals surface area contributed by atoms with Crippen LogP contribution in [0.2, 0.25) is 0 Å². The Morgan fingerprint density at radius 2 is 1.75 bits per heavy atom. The van der Waals surface area contributed by atoms with Crippen LogP contribution in [0.4, 0.5) is 17.6 Å². The molecule has 20 heavy (non-hydrogen) atoms. The lowest BCUT2D eigenvalue weighted by molar-refractivity contribution is -0.274. The predicted octanol–water partition coefficient (Wildman–Crippen LogP) is 4.20. The molecule has 2 aromatic carbocycles. The van der Waals surface area contributed by atoms with Crippen molar-refractivity contribution in [2.45, 2.75) is 6.36 Å². The summed E-state index contributed by atoms with van der Waals surface area (Å²) >= 11 is 0. The second-order valence-electron chi connectivity index (χ2n) is 3.90. The predicted molar refractivity (Wildman–Crippen MR) is 63.9 cm³/mol. The summed E-state index contributed by atoms with van der Waals surface area (Å²) < 4.78 is 54.3. The Labute approximate surface area is 111 Å². The SMILES string of the molecule is O=Cc1ccc(-c2ccccc2OC(F)(F)F)cc1F. The van der Waals surface area contributed by atoms with Crippen molar-refractivity contribution in [3.8, 4) is 16.9 Å². The van der Waals surface area contributed by atoms with E-state index in [4.69, 9.17) is 0 Å². The highest BCUT2D eigenvalue weighted by atomic mass is 19.4. The zero-order chi connectivity index (χ0) is 14.8. The molecule has 0 bridgehead atoms. The van der Waals surface area contributed by atoms with E-state index in [-0.39, 0.29) is 16.7 Å². The van der Waals surface area contributed by atoms with Gasteiger partial charge in [0.2, 0.25) is 0 Å². The molecule has 0 aliphatic carbocycles. The summed E-state index contributed by atoms with van der Waals surface area (Å²) in [7, 11) is 0. The zero-order valence-corrected chi connectivity index (χ0v) is 9.95. The molecule has 6 heteroatoms. The van der Waals surface area contributed by atoms with Crippen LogP contribution >= 0.6 is 0 Å². The van der Waals surface area contributed by atoms with Crippen LogP contribution in [0.5, 0.6) is 5.75 Å². The second kappa shape index (κ2) is 5.32. The lowest BCUT2D eigenvalue weighted by Gasteiger charge is -2.13. The molecule has 104 valence electrons. The molecule has 0 fully saturated rings. The third kappa shape index (κ3) is 3.14. The van der Waals surface area contributed by atoms with Gasteiger partial charge in [-0.1, -0.05) is 24.3 Å². The Kier molecular flexibility index (Phi) is 3.74. The van der Waals surface area contributed by atoms with Crippen molar-refractivity contribution in [1.29, 1.82) is 0 Å². The third-order valence-electron chi connectivity index (χ3n) is 2.55. The third-order valence-corrected chi connectivity index (χ3v) is 2.55. The van der Waals surface area contributed by atoms with E-state index < -0.39 is 17.9 Å². The Hall–Kier alpha value is -2.37. The van der Waals surface area contributed by atoms with Crippen molar-refractivity contribution in [2.75, 3.05) is 0 Å². The summed E-state index contributed by atoms with van der Waals surface area (Å²) in [4.78, 5) is 10.5. The van der Waals surface area contributed by atoms with E-state index in [9.17, 15) is 22.4 Å². The number of rotatable bonds is 3. The monoisotopic (exact) mass is 284 g/mol. The van der Waals surface area contributed by atoms with Crippen LogP contribution in [0, 0.1) is 5.82 Å². The molecule has 0 amide bonds. The molecule has 0 saturated heterocycles. The molecular formula is C14H8F4O2. The van der Waals surface area contributed by atoms with E-state index in [1.165, 1.54) is 30.3 Å². The minimum Gasteiger partial charge on any atom is -0.405 e. The number of hydrogen-bond donors (Lipinski definition) is 0. The molecule has 0 saturated carbocycles. The van der Waals surface area contributed by atoms with Crippen molar-refractivity contribution < 1.29 is 27.1 Å². The van der Waals surface area contributed by atoms with Crippen molar-refractivity contribution in [3.05, 3.63) is 53.8 Å². The van der Waals surface area contributed by atoms with Crippen molar-refractivity contribution in [3.63, 3.8) is 0 Å². The number of alkyl halides is 3. The van der Waals surface area contributed by atoms with Crippen LogP contribution in [-0.4, -0.2) is 12.6 Å². The number of carbonyl (C=O) groups excluding carboxylic acids is 1. The van der Waals surface area contributed by atoms with Gasteiger partial charge in [-0.05, 0) is 23.8 Å². The van der Waals surface area contributed by atoms with E-state index in [0.717, 1.165) is 12.1 Å². The van der Waals surface area contributed by atoms with Crippen LogP contribution in [0.1, 0.15) is 10.4 Å². The largest absolute Gasteiger partial charge is 0.573 e. The first-order valence-electron chi connectivity index (χ1n) is 5.50. The lowest BCUT2D eigenvalue weighted by Crippen LogP contribution is -2.17. The van der Waals surface area contributed by atoms with Gasteiger partial charge in [0.15, 0.2) is 6.29 Å². The molecular weight excluding hydrogens is 276 g/mol. The van der Waals surface area contributed by atoms with Gasteiger partial charge in [0.25, 0.3) is 0 Å². The van der Waals surface area contributed by atoms with E-state index in [2.05, 4.69) is 4.74 Å². The quantitative estimate of drug-likeness (QED) is 0.623.